The molecule has 8 nitrogen and oxygen atoms in total. The number of aromatic nitrogens is 1. The zero-order chi connectivity index (χ0) is 20.1. The molecule has 0 saturated heterocycles. The Morgan fingerprint density at radius 3 is 2.26 bits per heavy atom. The van der Waals surface area contributed by atoms with Gasteiger partial charge in [0.05, 0.1) is 0 Å². The number of Topliss-reactive ketones (excluding diaryl/α,β-unsaturated/α-hetero) is 1. The lowest BCUT2D eigenvalue weighted by atomic mass is 10.1. The second-order valence-corrected chi connectivity index (χ2v) is 6.04. The highest BCUT2D eigenvalue weighted by atomic mass is 16.5. The molecule has 142 valence electrons. The number of amides is 3. The molecule has 1 heterocycles. The third kappa shape index (κ3) is 4.81. The molecule has 1 atom stereocenters. The van der Waals surface area contributed by atoms with Crippen LogP contribution < -0.4 is 10.6 Å². The Kier molecular flexibility index (Phi) is 6.12. The normalized spacial score (nSPS) is 11.4. The van der Waals surface area contributed by atoms with Crippen molar-refractivity contribution in [3.63, 3.8) is 0 Å². The van der Waals surface area contributed by atoms with Gasteiger partial charge in [-0.1, -0.05) is 18.2 Å². The van der Waals surface area contributed by atoms with Gasteiger partial charge in [0.15, 0.2) is 11.9 Å². The molecule has 1 unspecified atom stereocenters. The summed E-state index contributed by atoms with van der Waals surface area (Å²) in [5.74, 6) is -1.73. The number of H-pyrrole nitrogens is 1. The first-order valence-corrected chi connectivity index (χ1v) is 8.28. The first kappa shape index (κ1) is 19.9. The Morgan fingerprint density at radius 1 is 1.07 bits per heavy atom. The molecular weight excluding hydrogens is 350 g/mol. The number of para-hydroxylation sites is 1. The van der Waals surface area contributed by atoms with Gasteiger partial charge in [0.2, 0.25) is 0 Å². The second-order valence-electron chi connectivity index (χ2n) is 6.04. The summed E-state index contributed by atoms with van der Waals surface area (Å²) >= 11 is 0. The van der Waals surface area contributed by atoms with Crippen LogP contribution >= 0.6 is 0 Å². The third-order valence-electron chi connectivity index (χ3n) is 3.92. The number of hydrogen-bond donors (Lipinski definition) is 3. The number of anilines is 1. The van der Waals surface area contributed by atoms with Gasteiger partial charge in [-0.25, -0.2) is 9.59 Å². The fourth-order valence-corrected chi connectivity index (χ4v) is 2.65. The van der Waals surface area contributed by atoms with E-state index in [4.69, 9.17) is 4.74 Å². The number of ketones is 1. The van der Waals surface area contributed by atoms with Crippen molar-refractivity contribution in [3.8, 4) is 0 Å². The summed E-state index contributed by atoms with van der Waals surface area (Å²) in [7, 11) is 0. The lowest BCUT2D eigenvalue weighted by Crippen LogP contribution is -2.41. The van der Waals surface area contributed by atoms with Crippen LogP contribution in [0.4, 0.5) is 10.5 Å². The SMILES string of the molecule is CC(=O)c1c(C)[nH]c(C(=O)OC(C)C(=O)NC(=O)Nc2ccccc2)c1C. The van der Waals surface area contributed by atoms with Crippen LogP contribution in [-0.4, -0.2) is 34.8 Å². The van der Waals surface area contributed by atoms with Crippen LogP contribution in [0.2, 0.25) is 0 Å². The quantitative estimate of drug-likeness (QED) is 0.552. The first-order chi connectivity index (χ1) is 12.7. The molecule has 0 aliphatic carbocycles. The van der Waals surface area contributed by atoms with E-state index in [0.29, 0.717) is 22.5 Å². The maximum Gasteiger partial charge on any atom is 0.355 e. The highest BCUT2D eigenvalue weighted by Crippen LogP contribution is 2.19. The molecule has 0 bridgehead atoms. The van der Waals surface area contributed by atoms with Crippen molar-refractivity contribution in [2.24, 2.45) is 0 Å². The Bertz CT molecular complexity index is 886. The van der Waals surface area contributed by atoms with Gasteiger partial charge in [-0.3, -0.25) is 14.9 Å². The van der Waals surface area contributed by atoms with Crippen molar-refractivity contribution < 1.29 is 23.9 Å². The maximum absolute atomic E-state index is 12.3. The van der Waals surface area contributed by atoms with Gasteiger partial charge in [0.1, 0.15) is 5.69 Å². The summed E-state index contributed by atoms with van der Waals surface area (Å²) < 4.78 is 5.10. The van der Waals surface area contributed by atoms with Crippen LogP contribution in [0.5, 0.6) is 0 Å². The van der Waals surface area contributed by atoms with Gasteiger partial charge >= 0.3 is 12.0 Å². The minimum Gasteiger partial charge on any atom is -0.448 e. The highest BCUT2D eigenvalue weighted by Gasteiger charge is 2.25. The van der Waals surface area contributed by atoms with Gasteiger partial charge in [-0.15, -0.1) is 0 Å². The Morgan fingerprint density at radius 2 is 1.70 bits per heavy atom. The molecule has 8 heteroatoms. The second kappa shape index (κ2) is 8.31. The van der Waals surface area contributed by atoms with E-state index in [1.807, 2.05) is 0 Å². The number of carbonyl (C=O) groups excluding carboxylic acids is 4. The van der Waals surface area contributed by atoms with Gasteiger partial charge in [0, 0.05) is 16.9 Å². The number of aromatic amines is 1. The van der Waals surface area contributed by atoms with E-state index in [2.05, 4.69) is 15.6 Å². The molecule has 2 rings (SSSR count). The number of rotatable bonds is 5. The van der Waals surface area contributed by atoms with E-state index in [-0.39, 0.29) is 11.5 Å². The minimum atomic E-state index is -1.21. The molecular formula is C19H21N3O5. The summed E-state index contributed by atoms with van der Waals surface area (Å²) in [6, 6.07) is 7.85. The van der Waals surface area contributed by atoms with Crippen molar-refractivity contribution in [2.75, 3.05) is 5.32 Å². The largest absolute Gasteiger partial charge is 0.448 e. The Balaban J connectivity index is 1.98. The van der Waals surface area contributed by atoms with Crippen LogP contribution in [-0.2, 0) is 9.53 Å². The fourth-order valence-electron chi connectivity index (χ4n) is 2.65. The molecule has 0 aliphatic rings. The average Bonchev–Trinajstić information content (AvgIpc) is 2.90. The van der Waals surface area contributed by atoms with Gasteiger partial charge in [-0.05, 0) is 45.4 Å². The zero-order valence-electron chi connectivity index (χ0n) is 15.5. The number of imide groups is 1. The monoisotopic (exact) mass is 371 g/mol. The lowest BCUT2D eigenvalue weighted by molar-refractivity contribution is -0.127. The molecule has 1 aromatic heterocycles. The number of urea groups is 1. The predicted molar refractivity (Wildman–Crippen MR) is 98.8 cm³/mol. The minimum absolute atomic E-state index is 0.103. The summed E-state index contributed by atoms with van der Waals surface area (Å²) in [4.78, 5) is 50.6. The lowest BCUT2D eigenvalue weighted by Gasteiger charge is -2.13. The molecule has 27 heavy (non-hydrogen) atoms. The van der Waals surface area contributed by atoms with Crippen molar-refractivity contribution in [1.82, 2.24) is 10.3 Å². The van der Waals surface area contributed by atoms with Crippen molar-refractivity contribution in [3.05, 3.63) is 52.8 Å². The smallest absolute Gasteiger partial charge is 0.355 e. The molecule has 2 aromatic rings. The molecule has 0 saturated carbocycles. The molecule has 0 aliphatic heterocycles. The van der Waals surface area contributed by atoms with E-state index in [1.165, 1.54) is 13.8 Å². The predicted octanol–water partition coefficient (Wildman–Crippen LogP) is 2.73. The number of carbonyl (C=O) groups is 4. The van der Waals surface area contributed by atoms with Crippen molar-refractivity contribution in [2.45, 2.75) is 33.8 Å². The average molecular weight is 371 g/mol. The maximum atomic E-state index is 12.3. The number of ether oxygens (including phenoxy) is 1. The van der Waals surface area contributed by atoms with E-state index < -0.39 is 24.0 Å². The van der Waals surface area contributed by atoms with Crippen LogP contribution in [0.3, 0.4) is 0 Å². The van der Waals surface area contributed by atoms with E-state index in [0.717, 1.165) is 0 Å². The number of benzene rings is 1. The third-order valence-corrected chi connectivity index (χ3v) is 3.92. The van der Waals surface area contributed by atoms with Gasteiger partial charge in [-0.2, -0.15) is 0 Å². The summed E-state index contributed by atoms with van der Waals surface area (Å²) in [6.07, 6.45) is -1.21. The Labute approximate surface area is 156 Å². The topological polar surface area (TPSA) is 117 Å². The van der Waals surface area contributed by atoms with Gasteiger partial charge < -0.3 is 15.0 Å². The van der Waals surface area contributed by atoms with Crippen LogP contribution in [0.15, 0.2) is 30.3 Å². The van der Waals surface area contributed by atoms with Crippen molar-refractivity contribution >= 4 is 29.4 Å². The Hall–Kier alpha value is -3.42. The van der Waals surface area contributed by atoms with E-state index in [1.54, 1.807) is 44.2 Å². The van der Waals surface area contributed by atoms with E-state index >= 15 is 0 Å². The summed E-state index contributed by atoms with van der Waals surface area (Å²) in [5, 5.41) is 4.59. The zero-order valence-corrected chi connectivity index (χ0v) is 15.5. The molecule has 1 aromatic carbocycles. The van der Waals surface area contributed by atoms with Gasteiger partial charge in [0.25, 0.3) is 5.91 Å². The number of hydrogen-bond acceptors (Lipinski definition) is 5. The van der Waals surface area contributed by atoms with Crippen LogP contribution in [0.1, 0.15) is 46.0 Å². The summed E-state index contributed by atoms with van der Waals surface area (Å²) in [5.41, 5.74) is 2.04. The molecule has 0 spiro atoms. The molecule has 0 fully saturated rings. The molecule has 3 N–H and O–H groups in total. The number of esters is 1. The number of aryl methyl sites for hydroxylation is 1. The molecule has 3 amide bonds. The fraction of sp³-hybridized carbons (Fsp3) is 0.263. The summed E-state index contributed by atoms with van der Waals surface area (Å²) in [6.45, 7) is 6.04. The van der Waals surface area contributed by atoms with Crippen molar-refractivity contribution in [1.29, 1.82) is 0 Å². The van der Waals surface area contributed by atoms with Crippen LogP contribution in [0, 0.1) is 13.8 Å². The first-order valence-electron chi connectivity index (χ1n) is 8.28. The molecule has 0 radical (unpaired) electrons. The highest BCUT2D eigenvalue weighted by molar-refractivity contribution is 6.04. The standard InChI is InChI=1S/C19H21N3O5/c1-10-15(12(3)23)11(2)20-16(10)18(25)27-13(4)17(24)22-19(26)21-14-8-6-5-7-9-14/h5-9,13,20H,1-4H3,(H2,21,22,24,26). The van der Waals surface area contributed by atoms with Crippen LogP contribution in [0.25, 0.3) is 0 Å². The number of nitrogens with one attached hydrogen (secondary N) is 3. The van der Waals surface area contributed by atoms with E-state index in [9.17, 15) is 19.2 Å².